The lowest BCUT2D eigenvalue weighted by Crippen LogP contribution is -2.05. The molecule has 0 atom stereocenters. The molecule has 1 N–H and O–H groups in total. The molecule has 1 aliphatic rings. The first-order valence-electron chi connectivity index (χ1n) is 7.09. The van der Waals surface area contributed by atoms with Gasteiger partial charge < -0.3 is 5.32 Å². The van der Waals surface area contributed by atoms with Crippen LogP contribution < -0.4 is 5.32 Å². The van der Waals surface area contributed by atoms with Gasteiger partial charge in [-0.2, -0.15) is 0 Å². The fourth-order valence-corrected chi connectivity index (χ4v) is 3.33. The summed E-state index contributed by atoms with van der Waals surface area (Å²) in [6.45, 7) is 0. The van der Waals surface area contributed by atoms with Crippen molar-refractivity contribution in [2.24, 2.45) is 0 Å². The van der Waals surface area contributed by atoms with Crippen molar-refractivity contribution in [3.8, 4) is 0 Å². The lowest BCUT2D eigenvalue weighted by atomic mass is 9.82. The normalized spacial score (nSPS) is 16.9. The Hall–Kier alpha value is -1.50. The fraction of sp³-hybridized carbons (Fsp3) is 0.412. The van der Waals surface area contributed by atoms with Crippen LogP contribution in [-0.4, -0.2) is 7.05 Å². The molecule has 0 heterocycles. The van der Waals surface area contributed by atoms with Crippen LogP contribution in [0.3, 0.4) is 0 Å². The first-order chi connectivity index (χ1) is 8.90. The minimum absolute atomic E-state index is 0.761. The van der Waals surface area contributed by atoms with Crippen LogP contribution >= 0.6 is 0 Å². The molecule has 0 spiro atoms. The highest BCUT2D eigenvalue weighted by Crippen LogP contribution is 2.38. The van der Waals surface area contributed by atoms with Gasteiger partial charge in [0.25, 0.3) is 0 Å². The van der Waals surface area contributed by atoms with E-state index < -0.39 is 0 Å². The van der Waals surface area contributed by atoms with Gasteiger partial charge in [0.2, 0.25) is 0 Å². The number of benzene rings is 2. The molecular formula is C17H21N. The number of hydrogen-bond acceptors (Lipinski definition) is 1. The van der Waals surface area contributed by atoms with E-state index in [0.29, 0.717) is 0 Å². The molecule has 0 bridgehead atoms. The summed E-state index contributed by atoms with van der Waals surface area (Å²) in [6.07, 6.45) is 6.92. The zero-order valence-electron chi connectivity index (χ0n) is 11.1. The van der Waals surface area contributed by atoms with Crippen molar-refractivity contribution in [1.29, 1.82) is 0 Å². The molecule has 1 fully saturated rings. The van der Waals surface area contributed by atoms with Crippen LogP contribution in [0.1, 0.15) is 43.6 Å². The minimum Gasteiger partial charge on any atom is -0.388 e. The SMILES string of the molecule is CNc1cccc2cccc(C3CCCCC3)c12. The molecule has 2 aromatic carbocycles. The summed E-state index contributed by atoms with van der Waals surface area (Å²) in [6, 6.07) is 13.3. The standard InChI is InChI=1S/C17H21N/c1-18-16-12-6-10-14-9-5-11-15(17(14)16)13-7-3-2-4-8-13/h5-6,9-13,18H,2-4,7-8H2,1H3. The molecule has 1 aliphatic carbocycles. The number of fused-ring (bicyclic) bond motifs is 1. The second-order valence-corrected chi connectivity index (χ2v) is 5.34. The Morgan fingerprint density at radius 3 is 2.39 bits per heavy atom. The molecule has 3 rings (SSSR count). The average molecular weight is 239 g/mol. The molecule has 0 radical (unpaired) electrons. The van der Waals surface area contributed by atoms with Crippen molar-refractivity contribution in [3.05, 3.63) is 42.0 Å². The topological polar surface area (TPSA) is 12.0 Å². The molecule has 0 amide bonds. The van der Waals surface area contributed by atoms with E-state index in [9.17, 15) is 0 Å². The van der Waals surface area contributed by atoms with Gasteiger partial charge in [-0.15, -0.1) is 0 Å². The van der Waals surface area contributed by atoms with Gasteiger partial charge in [-0.25, -0.2) is 0 Å². The summed E-state index contributed by atoms with van der Waals surface area (Å²) in [5, 5.41) is 6.15. The smallest absolute Gasteiger partial charge is 0.0420 e. The second-order valence-electron chi connectivity index (χ2n) is 5.34. The Kier molecular flexibility index (Phi) is 3.22. The maximum Gasteiger partial charge on any atom is 0.0420 e. The number of rotatable bonds is 2. The van der Waals surface area contributed by atoms with Crippen LogP contribution in [-0.2, 0) is 0 Å². The minimum atomic E-state index is 0.761. The quantitative estimate of drug-likeness (QED) is 0.783. The molecule has 0 aromatic heterocycles. The molecule has 1 saturated carbocycles. The Labute approximate surface area is 109 Å². The Bertz CT molecular complexity index is 533. The summed E-state index contributed by atoms with van der Waals surface area (Å²) < 4.78 is 0. The molecule has 1 heteroatoms. The van der Waals surface area contributed by atoms with Crippen molar-refractivity contribution in [2.75, 3.05) is 12.4 Å². The number of anilines is 1. The molecule has 2 aromatic rings. The predicted molar refractivity (Wildman–Crippen MR) is 79.3 cm³/mol. The average Bonchev–Trinajstić information content (AvgIpc) is 2.47. The van der Waals surface area contributed by atoms with Gasteiger partial charge in [0, 0.05) is 18.1 Å². The summed E-state index contributed by atoms with van der Waals surface area (Å²) in [7, 11) is 2.02. The zero-order valence-corrected chi connectivity index (χ0v) is 11.1. The number of hydrogen-bond donors (Lipinski definition) is 1. The molecule has 0 aliphatic heterocycles. The zero-order chi connectivity index (χ0) is 12.4. The summed E-state index contributed by atoms with van der Waals surface area (Å²) in [5.41, 5.74) is 2.82. The van der Waals surface area contributed by atoms with E-state index in [-0.39, 0.29) is 0 Å². The maximum absolute atomic E-state index is 3.35. The van der Waals surface area contributed by atoms with Crippen LogP contribution in [0, 0.1) is 0 Å². The van der Waals surface area contributed by atoms with E-state index in [1.807, 2.05) is 7.05 Å². The largest absolute Gasteiger partial charge is 0.388 e. The highest BCUT2D eigenvalue weighted by Gasteiger charge is 2.18. The second kappa shape index (κ2) is 5.01. The highest BCUT2D eigenvalue weighted by atomic mass is 14.8. The Morgan fingerprint density at radius 1 is 0.944 bits per heavy atom. The van der Waals surface area contributed by atoms with E-state index in [2.05, 4.69) is 41.7 Å². The van der Waals surface area contributed by atoms with Crippen LogP contribution in [0.15, 0.2) is 36.4 Å². The van der Waals surface area contributed by atoms with Crippen LogP contribution in [0.25, 0.3) is 10.8 Å². The third kappa shape index (κ3) is 1.98. The monoisotopic (exact) mass is 239 g/mol. The maximum atomic E-state index is 3.35. The molecular weight excluding hydrogens is 218 g/mol. The summed E-state index contributed by atoms with van der Waals surface area (Å²) in [5.74, 6) is 0.761. The Balaban J connectivity index is 2.15. The summed E-state index contributed by atoms with van der Waals surface area (Å²) >= 11 is 0. The highest BCUT2D eigenvalue weighted by molar-refractivity contribution is 5.96. The molecule has 1 nitrogen and oxygen atoms in total. The fourth-order valence-electron chi connectivity index (χ4n) is 3.33. The van der Waals surface area contributed by atoms with E-state index >= 15 is 0 Å². The van der Waals surface area contributed by atoms with Crippen molar-refractivity contribution in [2.45, 2.75) is 38.0 Å². The van der Waals surface area contributed by atoms with Gasteiger partial charge in [0.15, 0.2) is 0 Å². The van der Waals surface area contributed by atoms with Gasteiger partial charge in [-0.1, -0.05) is 49.6 Å². The first kappa shape index (κ1) is 11.6. The lowest BCUT2D eigenvalue weighted by molar-refractivity contribution is 0.445. The first-order valence-corrected chi connectivity index (χ1v) is 7.09. The van der Waals surface area contributed by atoms with E-state index in [1.165, 1.54) is 48.6 Å². The van der Waals surface area contributed by atoms with Gasteiger partial charge in [-0.3, -0.25) is 0 Å². The third-order valence-corrected chi connectivity index (χ3v) is 4.25. The lowest BCUT2D eigenvalue weighted by Gasteiger charge is -2.24. The van der Waals surface area contributed by atoms with Gasteiger partial charge >= 0.3 is 0 Å². The van der Waals surface area contributed by atoms with Gasteiger partial charge in [0.05, 0.1) is 0 Å². The van der Waals surface area contributed by atoms with Gasteiger partial charge in [0.1, 0.15) is 0 Å². The third-order valence-electron chi connectivity index (χ3n) is 4.25. The van der Waals surface area contributed by atoms with Crippen molar-refractivity contribution < 1.29 is 0 Å². The predicted octanol–water partition coefficient (Wildman–Crippen LogP) is 4.93. The molecule has 18 heavy (non-hydrogen) atoms. The molecule has 0 unspecified atom stereocenters. The van der Waals surface area contributed by atoms with Crippen LogP contribution in [0.2, 0.25) is 0 Å². The van der Waals surface area contributed by atoms with Gasteiger partial charge in [-0.05, 0) is 35.8 Å². The molecule has 0 saturated heterocycles. The Morgan fingerprint density at radius 2 is 1.67 bits per heavy atom. The van der Waals surface area contributed by atoms with E-state index in [1.54, 1.807) is 5.56 Å². The van der Waals surface area contributed by atoms with Crippen LogP contribution in [0.5, 0.6) is 0 Å². The number of nitrogens with one attached hydrogen (secondary N) is 1. The summed E-state index contributed by atoms with van der Waals surface area (Å²) in [4.78, 5) is 0. The van der Waals surface area contributed by atoms with Crippen molar-refractivity contribution in [3.63, 3.8) is 0 Å². The van der Waals surface area contributed by atoms with Crippen molar-refractivity contribution in [1.82, 2.24) is 0 Å². The van der Waals surface area contributed by atoms with Crippen LogP contribution in [0.4, 0.5) is 5.69 Å². The van der Waals surface area contributed by atoms with Crippen molar-refractivity contribution >= 4 is 16.5 Å². The van der Waals surface area contributed by atoms with E-state index in [0.717, 1.165) is 5.92 Å². The molecule has 94 valence electrons. The van der Waals surface area contributed by atoms with E-state index in [4.69, 9.17) is 0 Å².